The molecule has 1 aliphatic rings. The van der Waals surface area contributed by atoms with Crippen LogP contribution in [-0.2, 0) is 16.1 Å². The largest absolute Gasteiger partial charge is 0.391 e. The third-order valence-electron chi connectivity index (χ3n) is 3.57. The first kappa shape index (κ1) is 15.7. The van der Waals surface area contributed by atoms with E-state index in [0.717, 1.165) is 30.8 Å². The number of nitrogens with zero attached hydrogens (tertiary/aromatic N) is 2. The third-order valence-corrected chi connectivity index (χ3v) is 3.57. The number of anilines is 1. The van der Waals surface area contributed by atoms with Crippen molar-refractivity contribution < 1.29 is 14.6 Å². The molecule has 1 atom stereocenters. The van der Waals surface area contributed by atoms with E-state index in [4.69, 9.17) is 4.74 Å². The highest BCUT2D eigenvalue weighted by Crippen LogP contribution is 2.21. The highest BCUT2D eigenvalue weighted by atomic mass is 16.5. The van der Waals surface area contributed by atoms with E-state index in [9.17, 15) is 9.90 Å². The van der Waals surface area contributed by atoms with E-state index < -0.39 is 0 Å². The Balaban J connectivity index is 1.98. The zero-order chi connectivity index (χ0) is 15.1. The Hall–Kier alpha value is -1.66. The Labute approximate surface area is 125 Å². The van der Waals surface area contributed by atoms with Crippen LogP contribution < -0.4 is 10.2 Å². The van der Waals surface area contributed by atoms with Crippen LogP contribution in [0.15, 0.2) is 18.3 Å². The highest BCUT2D eigenvalue weighted by molar-refractivity contribution is 5.76. The number of ether oxygens (including phenoxy) is 1. The van der Waals surface area contributed by atoms with Crippen molar-refractivity contribution in [2.24, 2.45) is 0 Å². The number of hydrogen-bond donors (Lipinski definition) is 2. The van der Waals surface area contributed by atoms with Gasteiger partial charge in [0.1, 0.15) is 5.82 Å². The number of aromatic nitrogens is 1. The molecule has 2 N–H and O–H groups in total. The van der Waals surface area contributed by atoms with Crippen molar-refractivity contribution in [3.63, 3.8) is 0 Å². The van der Waals surface area contributed by atoms with E-state index in [1.54, 1.807) is 13.3 Å². The lowest BCUT2D eigenvalue weighted by Gasteiger charge is -2.32. The van der Waals surface area contributed by atoms with Crippen LogP contribution in [0.5, 0.6) is 0 Å². The smallest absolute Gasteiger partial charge is 0.222 e. The molecule has 0 radical (unpaired) electrons. The van der Waals surface area contributed by atoms with Gasteiger partial charge in [0, 0.05) is 44.9 Å². The molecule has 1 saturated heterocycles. The average molecular weight is 293 g/mol. The summed E-state index contributed by atoms with van der Waals surface area (Å²) in [7, 11) is 1.58. The topological polar surface area (TPSA) is 74.7 Å². The van der Waals surface area contributed by atoms with Crippen molar-refractivity contribution in [1.29, 1.82) is 0 Å². The fourth-order valence-electron chi connectivity index (χ4n) is 2.48. The van der Waals surface area contributed by atoms with Crippen LogP contribution >= 0.6 is 0 Å². The summed E-state index contributed by atoms with van der Waals surface area (Å²) in [5.74, 6) is 0.814. The Morgan fingerprint density at radius 3 is 3.24 bits per heavy atom. The second kappa shape index (κ2) is 7.95. The summed E-state index contributed by atoms with van der Waals surface area (Å²) in [5.41, 5.74) is 0.970. The van der Waals surface area contributed by atoms with Crippen LogP contribution in [0.1, 0.15) is 24.8 Å². The Morgan fingerprint density at radius 1 is 1.62 bits per heavy atom. The fraction of sp³-hybridized carbons (Fsp3) is 0.600. The summed E-state index contributed by atoms with van der Waals surface area (Å²) in [6.45, 7) is 2.35. The number of aliphatic hydroxyl groups is 1. The predicted molar refractivity (Wildman–Crippen MR) is 80.0 cm³/mol. The van der Waals surface area contributed by atoms with Crippen LogP contribution in [0.3, 0.4) is 0 Å². The van der Waals surface area contributed by atoms with Crippen LogP contribution in [0.2, 0.25) is 0 Å². The number of carbonyl (C=O) groups excluding carboxylic acids is 1. The second-order valence-electron chi connectivity index (χ2n) is 5.25. The summed E-state index contributed by atoms with van der Waals surface area (Å²) < 4.78 is 4.89. The number of carbonyl (C=O) groups is 1. The summed E-state index contributed by atoms with van der Waals surface area (Å²) >= 11 is 0. The maximum atomic E-state index is 11.6. The van der Waals surface area contributed by atoms with Crippen molar-refractivity contribution >= 4 is 11.7 Å². The van der Waals surface area contributed by atoms with Crippen molar-refractivity contribution in [3.8, 4) is 0 Å². The maximum Gasteiger partial charge on any atom is 0.222 e. The standard InChI is InChI=1S/C15H23N3O3/c1-21-9-6-14(20)17-10-12-4-2-7-16-15(12)18-8-3-5-13(19)11-18/h2,4,7,13,19H,3,5-6,8-11H2,1H3,(H,17,20). The molecule has 2 rings (SSSR count). The highest BCUT2D eigenvalue weighted by Gasteiger charge is 2.20. The Kier molecular flexibility index (Phi) is 5.95. The minimum absolute atomic E-state index is 0.0367. The van der Waals surface area contributed by atoms with Gasteiger partial charge in [-0.15, -0.1) is 0 Å². The Bertz CT molecular complexity index is 467. The lowest BCUT2D eigenvalue weighted by molar-refractivity contribution is -0.122. The van der Waals surface area contributed by atoms with Gasteiger partial charge in [-0.3, -0.25) is 4.79 Å². The van der Waals surface area contributed by atoms with Gasteiger partial charge in [-0.1, -0.05) is 6.07 Å². The lowest BCUT2D eigenvalue weighted by Crippen LogP contribution is -2.39. The second-order valence-corrected chi connectivity index (χ2v) is 5.25. The molecule has 1 aromatic rings. The number of pyridine rings is 1. The number of piperidine rings is 1. The minimum atomic E-state index is -0.301. The van der Waals surface area contributed by atoms with E-state index >= 15 is 0 Å². The van der Waals surface area contributed by atoms with Gasteiger partial charge in [-0.25, -0.2) is 4.98 Å². The van der Waals surface area contributed by atoms with E-state index in [-0.39, 0.29) is 12.0 Å². The lowest BCUT2D eigenvalue weighted by atomic mass is 10.1. The van der Waals surface area contributed by atoms with Crippen molar-refractivity contribution in [1.82, 2.24) is 10.3 Å². The molecule has 2 heterocycles. The van der Waals surface area contributed by atoms with Gasteiger partial charge < -0.3 is 20.1 Å². The molecule has 1 unspecified atom stereocenters. The van der Waals surface area contributed by atoms with Gasteiger partial charge in [0.15, 0.2) is 0 Å². The molecule has 0 saturated carbocycles. The van der Waals surface area contributed by atoms with Crippen LogP contribution in [0.25, 0.3) is 0 Å². The molecular formula is C15H23N3O3. The molecule has 6 nitrogen and oxygen atoms in total. The molecule has 0 bridgehead atoms. The normalized spacial score (nSPS) is 18.6. The van der Waals surface area contributed by atoms with Crippen LogP contribution in [-0.4, -0.2) is 48.9 Å². The van der Waals surface area contributed by atoms with Gasteiger partial charge in [-0.2, -0.15) is 0 Å². The van der Waals surface area contributed by atoms with Crippen LogP contribution in [0, 0.1) is 0 Å². The Morgan fingerprint density at radius 2 is 2.48 bits per heavy atom. The number of amides is 1. The number of nitrogens with one attached hydrogen (secondary N) is 1. The molecule has 1 aliphatic heterocycles. The molecule has 1 amide bonds. The molecule has 0 spiro atoms. The summed E-state index contributed by atoms with van der Waals surface area (Å²) in [6, 6.07) is 3.82. The summed E-state index contributed by atoms with van der Waals surface area (Å²) in [5, 5.41) is 12.7. The number of hydrogen-bond acceptors (Lipinski definition) is 5. The van der Waals surface area contributed by atoms with Crippen molar-refractivity contribution in [2.45, 2.75) is 31.9 Å². The van der Waals surface area contributed by atoms with Gasteiger partial charge in [0.25, 0.3) is 0 Å². The van der Waals surface area contributed by atoms with Crippen molar-refractivity contribution in [3.05, 3.63) is 23.9 Å². The number of rotatable bonds is 6. The predicted octanol–water partition coefficient (Wildman–Crippen LogP) is 0.695. The molecule has 0 aliphatic carbocycles. The van der Waals surface area contributed by atoms with Crippen LogP contribution in [0.4, 0.5) is 5.82 Å². The fourth-order valence-corrected chi connectivity index (χ4v) is 2.48. The zero-order valence-corrected chi connectivity index (χ0v) is 12.4. The molecule has 21 heavy (non-hydrogen) atoms. The maximum absolute atomic E-state index is 11.6. The first-order valence-corrected chi connectivity index (χ1v) is 7.33. The number of β-amino-alcohol motifs (C(OH)–C–C–N with tert-alkyl or cyclic N) is 1. The summed E-state index contributed by atoms with van der Waals surface area (Å²) in [6.07, 6.45) is 3.59. The molecule has 1 aromatic heterocycles. The van der Waals surface area contributed by atoms with Gasteiger partial charge in [-0.05, 0) is 18.9 Å². The molecule has 0 aromatic carbocycles. The average Bonchev–Trinajstić information content (AvgIpc) is 2.51. The van der Waals surface area contributed by atoms with Crippen molar-refractivity contribution in [2.75, 3.05) is 31.7 Å². The monoisotopic (exact) mass is 293 g/mol. The van der Waals surface area contributed by atoms with E-state index in [0.29, 0.717) is 26.1 Å². The van der Waals surface area contributed by atoms with E-state index in [1.165, 1.54) is 0 Å². The minimum Gasteiger partial charge on any atom is -0.391 e. The number of methoxy groups -OCH3 is 1. The SMILES string of the molecule is COCCC(=O)NCc1cccnc1N1CCCC(O)C1. The number of aliphatic hydroxyl groups excluding tert-OH is 1. The first-order chi connectivity index (χ1) is 10.2. The molecule has 6 heteroatoms. The van der Waals surface area contributed by atoms with E-state index in [2.05, 4.69) is 15.2 Å². The quantitative estimate of drug-likeness (QED) is 0.807. The van der Waals surface area contributed by atoms with Gasteiger partial charge >= 0.3 is 0 Å². The summed E-state index contributed by atoms with van der Waals surface area (Å²) in [4.78, 5) is 18.2. The van der Waals surface area contributed by atoms with Gasteiger partial charge in [0.2, 0.25) is 5.91 Å². The molecule has 116 valence electrons. The first-order valence-electron chi connectivity index (χ1n) is 7.33. The molecular weight excluding hydrogens is 270 g/mol. The van der Waals surface area contributed by atoms with Gasteiger partial charge in [0.05, 0.1) is 12.7 Å². The third kappa shape index (κ3) is 4.68. The zero-order valence-electron chi connectivity index (χ0n) is 12.4. The molecule has 1 fully saturated rings. The van der Waals surface area contributed by atoms with E-state index in [1.807, 2.05) is 12.1 Å².